The second kappa shape index (κ2) is 7.07. The first-order valence-corrected chi connectivity index (χ1v) is 6.66. The fourth-order valence-electron chi connectivity index (χ4n) is 1.44. The molecule has 5 nitrogen and oxygen atoms in total. The van der Waals surface area contributed by atoms with Gasteiger partial charge in [-0.2, -0.15) is 0 Å². The Kier molecular flexibility index (Phi) is 5.15. The molecule has 0 atom stereocenters. The summed E-state index contributed by atoms with van der Waals surface area (Å²) in [5.41, 5.74) is 1.40. The van der Waals surface area contributed by atoms with E-state index in [1.54, 1.807) is 0 Å². The Hall–Kier alpha value is -1.85. The third kappa shape index (κ3) is 4.36. The van der Waals surface area contributed by atoms with Crippen LogP contribution < -0.4 is 5.32 Å². The lowest BCUT2D eigenvalue weighted by molar-refractivity contribution is 0.155. The SMILES string of the molecule is O=C(Nc1nc(Cl)cc(CCl)n1)OCc1ccccc1. The van der Waals surface area contributed by atoms with E-state index in [0.717, 1.165) is 5.56 Å². The molecule has 0 radical (unpaired) electrons. The van der Waals surface area contributed by atoms with Gasteiger partial charge in [-0.05, 0) is 11.6 Å². The number of carbonyl (C=O) groups excluding carboxylic acids is 1. The van der Waals surface area contributed by atoms with Gasteiger partial charge in [-0.25, -0.2) is 14.8 Å². The highest BCUT2D eigenvalue weighted by atomic mass is 35.5. The first kappa shape index (κ1) is 14.6. The van der Waals surface area contributed by atoms with Crippen LogP contribution in [-0.2, 0) is 17.2 Å². The monoisotopic (exact) mass is 311 g/mol. The zero-order valence-corrected chi connectivity index (χ0v) is 11.9. The first-order valence-electron chi connectivity index (χ1n) is 5.74. The maximum Gasteiger partial charge on any atom is 0.414 e. The minimum atomic E-state index is -0.656. The summed E-state index contributed by atoms with van der Waals surface area (Å²) in [5, 5.41) is 2.60. The van der Waals surface area contributed by atoms with Crippen LogP contribution in [0, 0.1) is 0 Å². The van der Waals surface area contributed by atoms with Crippen molar-refractivity contribution in [1.29, 1.82) is 0 Å². The van der Waals surface area contributed by atoms with E-state index in [4.69, 9.17) is 27.9 Å². The average molecular weight is 312 g/mol. The number of alkyl halides is 1. The third-order valence-electron chi connectivity index (χ3n) is 2.31. The zero-order valence-electron chi connectivity index (χ0n) is 10.3. The molecular formula is C13H11Cl2N3O2. The van der Waals surface area contributed by atoms with E-state index in [9.17, 15) is 4.79 Å². The molecule has 0 fully saturated rings. The third-order valence-corrected chi connectivity index (χ3v) is 2.78. The normalized spacial score (nSPS) is 10.1. The number of benzene rings is 1. The van der Waals surface area contributed by atoms with Crippen molar-refractivity contribution < 1.29 is 9.53 Å². The summed E-state index contributed by atoms with van der Waals surface area (Å²) in [4.78, 5) is 19.5. The molecule has 0 aliphatic rings. The van der Waals surface area contributed by atoms with Gasteiger partial charge in [-0.15, -0.1) is 11.6 Å². The quantitative estimate of drug-likeness (QED) is 0.692. The lowest BCUT2D eigenvalue weighted by Gasteiger charge is -2.07. The van der Waals surface area contributed by atoms with E-state index in [2.05, 4.69) is 15.3 Å². The van der Waals surface area contributed by atoms with Crippen LogP contribution in [0.25, 0.3) is 0 Å². The van der Waals surface area contributed by atoms with Gasteiger partial charge in [-0.1, -0.05) is 41.9 Å². The van der Waals surface area contributed by atoms with Gasteiger partial charge in [-0.3, -0.25) is 5.32 Å². The molecule has 1 amide bonds. The number of ether oxygens (including phenoxy) is 1. The van der Waals surface area contributed by atoms with Crippen LogP contribution in [0.2, 0.25) is 5.15 Å². The fourth-order valence-corrected chi connectivity index (χ4v) is 1.78. The Labute approximate surface area is 125 Å². The molecule has 20 heavy (non-hydrogen) atoms. The summed E-state index contributed by atoms with van der Waals surface area (Å²) in [5.74, 6) is 0.238. The lowest BCUT2D eigenvalue weighted by atomic mass is 10.2. The first-order chi connectivity index (χ1) is 9.67. The highest BCUT2D eigenvalue weighted by molar-refractivity contribution is 6.29. The van der Waals surface area contributed by atoms with Gasteiger partial charge < -0.3 is 4.74 Å². The molecule has 7 heteroatoms. The van der Waals surface area contributed by atoms with Crippen molar-refractivity contribution in [3.8, 4) is 0 Å². The minimum Gasteiger partial charge on any atom is -0.444 e. The molecule has 1 aromatic carbocycles. The molecular weight excluding hydrogens is 301 g/mol. The molecule has 1 N–H and O–H groups in total. The van der Waals surface area contributed by atoms with Crippen molar-refractivity contribution in [2.45, 2.75) is 12.5 Å². The van der Waals surface area contributed by atoms with Gasteiger partial charge in [0.05, 0.1) is 11.6 Å². The second-order valence-corrected chi connectivity index (χ2v) is 4.48. The predicted molar refractivity (Wildman–Crippen MR) is 76.8 cm³/mol. The Morgan fingerprint density at radius 1 is 1.25 bits per heavy atom. The van der Waals surface area contributed by atoms with Crippen LogP contribution in [0.5, 0.6) is 0 Å². The summed E-state index contributed by atoms with van der Waals surface area (Å²) in [6, 6.07) is 10.8. The summed E-state index contributed by atoms with van der Waals surface area (Å²) >= 11 is 11.4. The molecule has 1 aromatic heterocycles. The summed E-state index contributed by atoms with van der Waals surface area (Å²) < 4.78 is 5.04. The topological polar surface area (TPSA) is 64.1 Å². The number of amides is 1. The van der Waals surface area contributed by atoms with E-state index < -0.39 is 6.09 Å². The number of nitrogens with zero attached hydrogens (tertiary/aromatic N) is 2. The van der Waals surface area contributed by atoms with Gasteiger partial charge in [0.15, 0.2) is 0 Å². The molecule has 104 valence electrons. The van der Waals surface area contributed by atoms with Crippen molar-refractivity contribution >= 4 is 35.2 Å². The molecule has 0 aliphatic carbocycles. The molecule has 2 aromatic rings. The van der Waals surface area contributed by atoms with E-state index in [1.807, 2.05) is 30.3 Å². The highest BCUT2D eigenvalue weighted by Gasteiger charge is 2.08. The number of carbonyl (C=O) groups is 1. The molecule has 0 aliphatic heterocycles. The van der Waals surface area contributed by atoms with Crippen LogP contribution in [-0.4, -0.2) is 16.1 Å². The Bertz CT molecular complexity index is 593. The number of rotatable bonds is 4. The largest absolute Gasteiger partial charge is 0.444 e. The maximum absolute atomic E-state index is 11.6. The minimum absolute atomic E-state index is 0.0613. The molecule has 1 heterocycles. The van der Waals surface area contributed by atoms with Gasteiger partial charge in [0.1, 0.15) is 11.8 Å². The zero-order chi connectivity index (χ0) is 14.4. The smallest absolute Gasteiger partial charge is 0.414 e. The van der Waals surface area contributed by atoms with Gasteiger partial charge in [0, 0.05) is 0 Å². The van der Waals surface area contributed by atoms with E-state index in [0.29, 0.717) is 5.69 Å². The number of anilines is 1. The molecule has 0 spiro atoms. The Morgan fingerprint density at radius 3 is 2.70 bits per heavy atom. The van der Waals surface area contributed by atoms with Crippen LogP contribution in [0.4, 0.5) is 10.7 Å². The number of halogens is 2. The van der Waals surface area contributed by atoms with E-state index in [-0.39, 0.29) is 23.6 Å². The number of hydrogen-bond donors (Lipinski definition) is 1. The van der Waals surface area contributed by atoms with Gasteiger partial charge >= 0.3 is 6.09 Å². The maximum atomic E-state index is 11.6. The lowest BCUT2D eigenvalue weighted by Crippen LogP contribution is -2.16. The van der Waals surface area contributed by atoms with Crippen molar-refractivity contribution in [2.24, 2.45) is 0 Å². The van der Waals surface area contributed by atoms with Crippen LogP contribution >= 0.6 is 23.2 Å². The van der Waals surface area contributed by atoms with Crippen molar-refractivity contribution in [3.05, 3.63) is 52.8 Å². The number of hydrogen-bond acceptors (Lipinski definition) is 4. The average Bonchev–Trinajstić information content (AvgIpc) is 2.45. The van der Waals surface area contributed by atoms with Crippen LogP contribution in [0.15, 0.2) is 36.4 Å². The Balaban J connectivity index is 1.93. The Morgan fingerprint density at radius 2 is 2.00 bits per heavy atom. The van der Waals surface area contributed by atoms with Crippen molar-refractivity contribution in [3.63, 3.8) is 0 Å². The molecule has 0 saturated heterocycles. The summed E-state index contributed by atoms with van der Waals surface area (Å²) in [6.45, 7) is 0.162. The molecule has 0 saturated carbocycles. The van der Waals surface area contributed by atoms with Crippen molar-refractivity contribution in [1.82, 2.24) is 9.97 Å². The predicted octanol–water partition coefficient (Wildman–Crippen LogP) is 3.62. The van der Waals surface area contributed by atoms with Gasteiger partial charge in [0.2, 0.25) is 5.95 Å². The van der Waals surface area contributed by atoms with Crippen LogP contribution in [0.1, 0.15) is 11.3 Å². The van der Waals surface area contributed by atoms with E-state index >= 15 is 0 Å². The molecule has 0 bridgehead atoms. The van der Waals surface area contributed by atoms with Crippen LogP contribution in [0.3, 0.4) is 0 Å². The second-order valence-electron chi connectivity index (χ2n) is 3.83. The highest BCUT2D eigenvalue weighted by Crippen LogP contribution is 2.12. The van der Waals surface area contributed by atoms with Crippen molar-refractivity contribution in [2.75, 3.05) is 5.32 Å². The number of aromatic nitrogens is 2. The summed E-state index contributed by atoms with van der Waals surface area (Å²) in [6.07, 6.45) is -0.656. The number of nitrogens with one attached hydrogen (secondary N) is 1. The molecule has 0 unspecified atom stereocenters. The van der Waals surface area contributed by atoms with E-state index in [1.165, 1.54) is 6.07 Å². The standard InChI is InChI=1S/C13H11Cl2N3O2/c14-7-10-6-11(15)17-12(16-10)18-13(19)20-8-9-4-2-1-3-5-9/h1-6H,7-8H2,(H,16,17,18,19). The summed E-state index contributed by atoms with van der Waals surface area (Å²) in [7, 11) is 0. The fraction of sp³-hybridized carbons (Fsp3) is 0.154. The molecule has 2 rings (SSSR count). The van der Waals surface area contributed by atoms with Gasteiger partial charge in [0.25, 0.3) is 0 Å².